The quantitative estimate of drug-likeness (QED) is 0.857. The Kier molecular flexibility index (Phi) is 5.33. The highest BCUT2D eigenvalue weighted by molar-refractivity contribution is 5.79. The van der Waals surface area contributed by atoms with E-state index in [0.29, 0.717) is 17.8 Å². The second kappa shape index (κ2) is 7.65. The van der Waals surface area contributed by atoms with Crippen LogP contribution in [0.4, 0.5) is 5.95 Å². The summed E-state index contributed by atoms with van der Waals surface area (Å²) in [5.74, 6) is 1.28. The molecule has 25 heavy (non-hydrogen) atoms. The van der Waals surface area contributed by atoms with Crippen LogP contribution in [0.1, 0.15) is 18.4 Å². The Morgan fingerprint density at radius 3 is 2.76 bits per heavy atom. The van der Waals surface area contributed by atoms with Crippen LogP contribution in [-0.2, 0) is 17.9 Å². The monoisotopic (exact) mass is 343 g/mol. The molecule has 3 rings (SSSR count). The number of hydrogen-bond acceptors (Lipinski definition) is 6. The van der Waals surface area contributed by atoms with E-state index >= 15 is 0 Å². The van der Waals surface area contributed by atoms with Gasteiger partial charge in [-0.05, 0) is 16.6 Å². The molecule has 2 heterocycles. The molecule has 2 atom stereocenters. The summed E-state index contributed by atoms with van der Waals surface area (Å²) in [5.41, 5.74) is 1.28. The molecule has 0 radical (unpaired) electrons. The molecule has 1 aromatic carbocycles. The Hall–Kier alpha value is -2.41. The molecule has 1 aliphatic rings. The van der Waals surface area contributed by atoms with Crippen LogP contribution in [0, 0.1) is 11.8 Å². The van der Waals surface area contributed by atoms with Crippen LogP contribution in [0.15, 0.2) is 34.9 Å². The average molecular weight is 343 g/mol. The summed E-state index contributed by atoms with van der Waals surface area (Å²) in [7, 11) is 3.68. The van der Waals surface area contributed by atoms with Crippen LogP contribution < -0.4 is 10.2 Å². The van der Waals surface area contributed by atoms with Crippen LogP contribution in [0.3, 0.4) is 0 Å². The molecule has 0 aliphatic carbocycles. The third-order valence-electron chi connectivity index (χ3n) is 4.54. The van der Waals surface area contributed by atoms with Crippen LogP contribution >= 0.6 is 0 Å². The highest BCUT2D eigenvalue weighted by Gasteiger charge is 2.34. The molecule has 0 bridgehead atoms. The van der Waals surface area contributed by atoms with Gasteiger partial charge in [0.1, 0.15) is 0 Å². The molecule has 1 fully saturated rings. The Bertz CT molecular complexity index is 701. The van der Waals surface area contributed by atoms with E-state index < -0.39 is 0 Å². The van der Waals surface area contributed by atoms with E-state index in [9.17, 15) is 4.79 Å². The molecule has 7 nitrogen and oxygen atoms in total. The van der Waals surface area contributed by atoms with Gasteiger partial charge in [0, 0.05) is 33.7 Å². The van der Waals surface area contributed by atoms with Crippen molar-refractivity contribution in [3.63, 3.8) is 0 Å². The average Bonchev–Trinajstić information content (AvgIpc) is 3.20. The van der Waals surface area contributed by atoms with Crippen molar-refractivity contribution in [3.8, 4) is 0 Å². The number of amides is 1. The number of nitrogens with one attached hydrogen (secondary N) is 1. The van der Waals surface area contributed by atoms with Crippen molar-refractivity contribution in [1.29, 1.82) is 0 Å². The minimum atomic E-state index is -0.0139. The van der Waals surface area contributed by atoms with Gasteiger partial charge < -0.3 is 14.7 Å². The Balaban J connectivity index is 1.51. The van der Waals surface area contributed by atoms with Gasteiger partial charge in [-0.3, -0.25) is 9.69 Å². The molecule has 1 N–H and O–H groups in total. The molecule has 7 heteroatoms. The predicted octanol–water partition coefficient (Wildman–Crippen LogP) is 1.52. The third kappa shape index (κ3) is 4.36. The molecule has 1 aliphatic heterocycles. The van der Waals surface area contributed by atoms with Crippen molar-refractivity contribution in [2.24, 2.45) is 11.8 Å². The Morgan fingerprint density at radius 2 is 2.08 bits per heavy atom. The maximum Gasteiger partial charge on any atom is 0.265 e. The van der Waals surface area contributed by atoms with Gasteiger partial charge in [-0.2, -0.15) is 4.98 Å². The lowest BCUT2D eigenvalue weighted by Gasteiger charge is -2.15. The zero-order chi connectivity index (χ0) is 17.8. The molecule has 134 valence electrons. The highest BCUT2D eigenvalue weighted by atomic mass is 16.5. The number of aromatic nitrogens is 2. The number of hydrogen-bond donors (Lipinski definition) is 1. The normalized spacial score (nSPS) is 20.6. The van der Waals surface area contributed by atoms with Gasteiger partial charge in [0.05, 0.1) is 12.5 Å². The lowest BCUT2D eigenvalue weighted by molar-refractivity contribution is -0.125. The molecular formula is C18H25N5O2. The van der Waals surface area contributed by atoms with E-state index in [0.717, 1.165) is 19.6 Å². The first-order chi connectivity index (χ1) is 12.0. The number of anilines is 1. The smallest absolute Gasteiger partial charge is 0.265 e. The first-order valence-corrected chi connectivity index (χ1v) is 8.57. The molecular weight excluding hydrogens is 318 g/mol. The van der Waals surface area contributed by atoms with E-state index in [4.69, 9.17) is 4.52 Å². The van der Waals surface area contributed by atoms with E-state index in [-0.39, 0.29) is 18.4 Å². The fourth-order valence-electron chi connectivity index (χ4n) is 3.17. The molecule has 0 unspecified atom stereocenters. The van der Waals surface area contributed by atoms with E-state index in [1.807, 2.05) is 32.3 Å². The minimum absolute atomic E-state index is 0.0139. The number of benzene rings is 1. The summed E-state index contributed by atoms with van der Waals surface area (Å²) in [6, 6.07) is 10.4. The van der Waals surface area contributed by atoms with Crippen LogP contribution in [0.2, 0.25) is 0 Å². The van der Waals surface area contributed by atoms with Crippen molar-refractivity contribution >= 4 is 11.9 Å². The maximum atomic E-state index is 12.5. The number of rotatable bonds is 6. The summed E-state index contributed by atoms with van der Waals surface area (Å²) in [4.78, 5) is 20.8. The van der Waals surface area contributed by atoms with Gasteiger partial charge in [-0.15, -0.1) is 0 Å². The number of carbonyl (C=O) groups is 1. The summed E-state index contributed by atoms with van der Waals surface area (Å²) in [5, 5.41) is 6.77. The zero-order valence-corrected chi connectivity index (χ0v) is 15.0. The van der Waals surface area contributed by atoms with Gasteiger partial charge in [-0.25, -0.2) is 0 Å². The molecule has 2 aromatic rings. The first kappa shape index (κ1) is 17.4. The Morgan fingerprint density at radius 1 is 1.32 bits per heavy atom. The fourth-order valence-corrected chi connectivity index (χ4v) is 3.17. The summed E-state index contributed by atoms with van der Waals surface area (Å²) in [6.07, 6.45) is 0. The van der Waals surface area contributed by atoms with Crippen molar-refractivity contribution in [2.75, 3.05) is 32.1 Å². The van der Waals surface area contributed by atoms with Gasteiger partial charge in [0.2, 0.25) is 11.8 Å². The summed E-state index contributed by atoms with van der Waals surface area (Å²) >= 11 is 0. The standard InChI is InChI=1S/C18H25N5O2/c1-13-10-23(11-14-7-5-4-6-8-14)12-15(13)17(24)19-9-16-20-18(21-25-16)22(2)3/h4-8,13,15H,9-12H2,1-3H3,(H,19,24)/t13-,15-/m1/s1. The summed E-state index contributed by atoms with van der Waals surface area (Å²) in [6.45, 7) is 4.98. The lowest BCUT2D eigenvalue weighted by atomic mass is 9.97. The van der Waals surface area contributed by atoms with Crippen molar-refractivity contribution in [2.45, 2.75) is 20.0 Å². The molecule has 0 spiro atoms. The van der Waals surface area contributed by atoms with E-state index in [1.54, 1.807) is 4.90 Å². The van der Waals surface area contributed by atoms with Gasteiger partial charge >= 0.3 is 0 Å². The second-order valence-corrected chi connectivity index (χ2v) is 6.86. The molecule has 0 saturated carbocycles. The van der Waals surface area contributed by atoms with E-state index in [2.05, 4.69) is 39.4 Å². The third-order valence-corrected chi connectivity index (χ3v) is 4.54. The maximum absolute atomic E-state index is 12.5. The van der Waals surface area contributed by atoms with Crippen molar-refractivity contribution in [1.82, 2.24) is 20.4 Å². The van der Waals surface area contributed by atoms with Crippen molar-refractivity contribution < 1.29 is 9.32 Å². The summed E-state index contributed by atoms with van der Waals surface area (Å²) < 4.78 is 5.14. The fraction of sp³-hybridized carbons (Fsp3) is 0.500. The predicted molar refractivity (Wildman–Crippen MR) is 94.8 cm³/mol. The van der Waals surface area contributed by atoms with Gasteiger partial charge in [-0.1, -0.05) is 37.3 Å². The molecule has 1 aromatic heterocycles. The Labute approximate surface area is 148 Å². The first-order valence-electron chi connectivity index (χ1n) is 8.57. The highest BCUT2D eigenvalue weighted by Crippen LogP contribution is 2.24. The SMILES string of the molecule is C[C@@H]1CN(Cc2ccccc2)C[C@H]1C(=O)NCc1nc(N(C)C)no1. The van der Waals surface area contributed by atoms with E-state index in [1.165, 1.54) is 5.56 Å². The zero-order valence-electron chi connectivity index (χ0n) is 15.0. The van der Waals surface area contributed by atoms with Gasteiger partial charge in [0.15, 0.2) is 0 Å². The van der Waals surface area contributed by atoms with Crippen LogP contribution in [0.25, 0.3) is 0 Å². The number of likely N-dealkylation sites (tertiary alicyclic amines) is 1. The lowest BCUT2D eigenvalue weighted by Crippen LogP contribution is -2.34. The van der Waals surface area contributed by atoms with Crippen LogP contribution in [0.5, 0.6) is 0 Å². The molecule has 1 saturated heterocycles. The second-order valence-electron chi connectivity index (χ2n) is 6.86. The number of carbonyl (C=O) groups excluding carboxylic acids is 1. The topological polar surface area (TPSA) is 74.5 Å². The largest absolute Gasteiger partial charge is 0.347 e. The van der Waals surface area contributed by atoms with Crippen molar-refractivity contribution in [3.05, 3.63) is 41.8 Å². The van der Waals surface area contributed by atoms with Crippen LogP contribution in [-0.4, -0.2) is 48.1 Å². The number of nitrogens with zero attached hydrogens (tertiary/aromatic N) is 4. The minimum Gasteiger partial charge on any atom is -0.347 e. The van der Waals surface area contributed by atoms with Gasteiger partial charge in [0.25, 0.3) is 5.95 Å². The molecule has 1 amide bonds.